The van der Waals surface area contributed by atoms with E-state index < -0.39 is 0 Å². The minimum atomic E-state index is 0.730. The van der Waals surface area contributed by atoms with Crippen LogP contribution in [0.4, 0.5) is 0 Å². The molecule has 19 heavy (non-hydrogen) atoms. The average Bonchev–Trinajstić information content (AvgIpc) is 2.42. The molecule has 2 nitrogen and oxygen atoms in total. The molecule has 1 saturated carbocycles. The van der Waals surface area contributed by atoms with Crippen molar-refractivity contribution < 1.29 is 0 Å². The average molecular weight is 266 g/mol. The van der Waals surface area contributed by atoms with Gasteiger partial charge in [-0.05, 0) is 57.0 Å². The second-order valence-electron chi connectivity index (χ2n) is 7.17. The van der Waals surface area contributed by atoms with Gasteiger partial charge in [-0.1, -0.05) is 33.6 Å². The summed E-state index contributed by atoms with van der Waals surface area (Å²) in [7, 11) is 2.16. The van der Waals surface area contributed by atoms with Crippen LogP contribution >= 0.6 is 0 Å². The van der Waals surface area contributed by atoms with E-state index in [9.17, 15) is 0 Å². The fourth-order valence-corrected chi connectivity index (χ4v) is 4.24. The van der Waals surface area contributed by atoms with Crippen LogP contribution in [0.25, 0.3) is 0 Å². The predicted octanol–water partition coefficient (Wildman–Crippen LogP) is 3.52. The molecule has 1 aliphatic carbocycles. The largest absolute Gasteiger partial charge is 0.315 e. The SMILES string of the molecule is CCCC1CCC(NC)C(N2CCC(C)C(C)C2)C1. The fourth-order valence-electron chi connectivity index (χ4n) is 4.24. The number of nitrogens with zero attached hydrogens (tertiary/aromatic N) is 1. The van der Waals surface area contributed by atoms with Gasteiger partial charge in [-0.25, -0.2) is 0 Å². The van der Waals surface area contributed by atoms with E-state index in [-0.39, 0.29) is 0 Å². The summed E-state index contributed by atoms with van der Waals surface area (Å²) < 4.78 is 0. The summed E-state index contributed by atoms with van der Waals surface area (Å²) in [6.45, 7) is 9.86. The number of piperidine rings is 1. The smallest absolute Gasteiger partial charge is 0.0251 e. The van der Waals surface area contributed by atoms with Crippen LogP contribution in [0.3, 0.4) is 0 Å². The van der Waals surface area contributed by atoms with E-state index in [1.165, 1.54) is 51.6 Å². The van der Waals surface area contributed by atoms with Gasteiger partial charge < -0.3 is 5.32 Å². The van der Waals surface area contributed by atoms with E-state index in [1.54, 1.807) is 0 Å². The molecule has 1 aliphatic heterocycles. The van der Waals surface area contributed by atoms with Crippen molar-refractivity contribution in [1.82, 2.24) is 10.2 Å². The standard InChI is InChI=1S/C17H34N2/c1-5-6-15-7-8-16(18-4)17(11-15)19-10-9-13(2)14(3)12-19/h13-18H,5-12H2,1-4H3. The van der Waals surface area contributed by atoms with Crippen molar-refractivity contribution in [3.05, 3.63) is 0 Å². The monoisotopic (exact) mass is 266 g/mol. The van der Waals surface area contributed by atoms with Gasteiger partial charge in [0.1, 0.15) is 0 Å². The molecule has 2 heteroatoms. The predicted molar refractivity (Wildman–Crippen MR) is 83.4 cm³/mol. The first-order valence-electron chi connectivity index (χ1n) is 8.57. The minimum absolute atomic E-state index is 0.730. The molecule has 0 aromatic heterocycles. The third-order valence-corrected chi connectivity index (χ3v) is 5.83. The minimum Gasteiger partial charge on any atom is -0.315 e. The van der Waals surface area contributed by atoms with Crippen LogP contribution in [-0.2, 0) is 0 Å². The van der Waals surface area contributed by atoms with Crippen LogP contribution in [-0.4, -0.2) is 37.1 Å². The molecule has 2 aliphatic rings. The van der Waals surface area contributed by atoms with Crippen LogP contribution in [0.1, 0.15) is 59.3 Å². The second kappa shape index (κ2) is 7.08. The van der Waals surface area contributed by atoms with E-state index in [0.29, 0.717) is 0 Å². The van der Waals surface area contributed by atoms with E-state index >= 15 is 0 Å². The molecule has 0 radical (unpaired) electrons. The number of hydrogen-bond donors (Lipinski definition) is 1. The lowest BCUT2D eigenvalue weighted by molar-refractivity contribution is 0.0441. The normalized spacial score (nSPS) is 41.4. The molecule has 2 rings (SSSR count). The number of likely N-dealkylation sites (N-methyl/N-ethyl adjacent to an activating group) is 1. The Bertz CT molecular complexity index is 266. The first kappa shape index (κ1) is 15.3. The number of likely N-dealkylation sites (tertiary alicyclic amines) is 1. The highest BCUT2D eigenvalue weighted by Crippen LogP contribution is 2.34. The quantitative estimate of drug-likeness (QED) is 0.837. The van der Waals surface area contributed by atoms with E-state index in [0.717, 1.165) is 29.8 Å². The molecule has 1 saturated heterocycles. The molecule has 5 atom stereocenters. The Hall–Kier alpha value is -0.0800. The summed E-state index contributed by atoms with van der Waals surface area (Å²) >= 11 is 0. The molecule has 0 aromatic rings. The summed E-state index contributed by atoms with van der Waals surface area (Å²) in [4.78, 5) is 2.81. The molecule has 5 unspecified atom stereocenters. The van der Waals surface area contributed by atoms with Gasteiger partial charge in [-0.2, -0.15) is 0 Å². The molecular formula is C17H34N2. The van der Waals surface area contributed by atoms with Crippen LogP contribution in [0, 0.1) is 17.8 Å². The van der Waals surface area contributed by atoms with Gasteiger partial charge >= 0.3 is 0 Å². The molecule has 2 fully saturated rings. The van der Waals surface area contributed by atoms with Gasteiger partial charge in [-0.3, -0.25) is 4.90 Å². The molecule has 0 bridgehead atoms. The third-order valence-electron chi connectivity index (χ3n) is 5.83. The van der Waals surface area contributed by atoms with Crippen molar-refractivity contribution in [2.45, 2.75) is 71.4 Å². The van der Waals surface area contributed by atoms with Crippen molar-refractivity contribution in [2.24, 2.45) is 17.8 Å². The Morgan fingerprint density at radius 3 is 2.53 bits per heavy atom. The zero-order valence-electron chi connectivity index (χ0n) is 13.5. The van der Waals surface area contributed by atoms with Crippen LogP contribution in [0.5, 0.6) is 0 Å². The van der Waals surface area contributed by atoms with E-state index in [2.05, 4.69) is 38.0 Å². The number of rotatable bonds is 4. The maximum atomic E-state index is 3.60. The topological polar surface area (TPSA) is 15.3 Å². The molecule has 1 N–H and O–H groups in total. The van der Waals surface area contributed by atoms with Gasteiger partial charge in [0, 0.05) is 18.6 Å². The number of nitrogens with one attached hydrogen (secondary N) is 1. The second-order valence-corrected chi connectivity index (χ2v) is 7.17. The lowest BCUT2D eigenvalue weighted by Crippen LogP contribution is -2.55. The Labute approximate surface area is 120 Å². The maximum Gasteiger partial charge on any atom is 0.0251 e. The molecule has 0 spiro atoms. The zero-order chi connectivity index (χ0) is 13.8. The summed E-state index contributed by atoms with van der Waals surface area (Å²) in [5, 5.41) is 3.60. The van der Waals surface area contributed by atoms with Gasteiger partial charge in [-0.15, -0.1) is 0 Å². The highest BCUT2D eigenvalue weighted by molar-refractivity contribution is 4.92. The highest BCUT2D eigenvalue weighted by Gasteiger charge is 2.35. The first-order chi connectivity index (χ1) is 9.15. The molecule has 1 heterocycles. The van der Waals surface area contributed by atoms with Gasteiger partial charge in [0.15, 0.2) is 0 Å². The Balaban J connectivity index is 1.97. The van der Waals surface area contributed by atoms with Gasteiger partial charge in [0.25, 0.3) is 0 Å². The Morgan fingerprint density at radius 1 is 1.11 bits per heavy atom. The van der Waals surface area contributed by atoms with Crippen molar-refractivity contribution in [3.8, 4) is 0 Å². The first-order valence-corrected chi connectivity index (χ1v) is 8.57. The van der Waals surface area contributed by atoms with Crippen molar-refractivity contribution >= 4 is 0 Å². The third kappa shape index (κ3) is 3.72. The van der Waals surface area contributed by atoms with Gasteiger partial charge in [0.05, 0.1) is 0 Å². The molecule has 0 amide bonds. The fraction of sp³-hybridized carbons (Fsp3) is 1.00. The lowest BCUT2D eigenvalue weighted by Gasteiger charge is -2.46. The van der Waals surface area contributed by atoms with Crippen LogP contribution in [0.15, 0.2) is 0 Å². The molecule has 112 valence electrons. The Morgan fingerprint density at radius 2 is 1.89 bits per heavy atom. The highest BCUT2D eigenvalue weighted by atomic mass is 15.2. The number of hydrogen-bond acceptors (Lipinski definition) is 2. The summed E-state index contributed by atoms with van der Waals surface area (Å²) in [6, 6.07) is 1.53. The van der Waals surface area contributed by atoms with E-state index in [1.807, 2.05) is 0 Å². The maximum absolute atomic E-state index is 3.60. The van der Waals surface area contributed by atoms with Gasteiger partial charge in [0.2, 0.25) is 0 Å². The van der Waals surface area contributed by atoms with Crippen molar-refractivity contribution in [1.29, 1.82) is 0 Å². The van der Waals surface area contributed by atoms with Crippen molar-refractivity contribution in [3.63, 3.8) is 0 Å². The molecule has 0 aromatic carbocycles. The zero-order valence-corrected chi connectivity index (χ0v) is 13.5. The summed E-state index contributed by atoms with van der Waals surface area (Å²) in [5.41, 5.74) is 0. The summed E-state index contributed by atoms with van der Waals surface area (Å²) in [5.74, 6) is 2.77. The summed E-state index contributed by atoms with van der Waals surface area (Å²) in [6.07, 6.45) is 8.44. The Kier molecular flexibility index (Phi) is 5.70. The van der Waals surface area contributed by atoms with Crippen LogP contribution in [0.2, 0.25) is 0 Å². The van der Waals surface area contributed by atoms with Crippen LogP contribution < -0.4 is 5.32 Å². The molecular weight excluding hydrogens is 232 g/mol. The van der Waals surface area contributed by atoms with Crippen molar-refractivity contribution in [2.75, 3.05) is 20.1 Å². The van der Waals surface area contributed by atoms with E-state index in [4.69, 9.17) is 0 Å². The lowest BCUT2D eigenvalue weighted by atomic mass is 9.78.